The van der Waals surface area contributed by atoms with Gasteiger partial charge in [0.2, 0.25) is 0 Å². The van der Waals surface area contributed by atoms with Gasteiger partial charge in [0, 0.05) is 11.6 Å². The summed E-state index contributed by atoms with van der Waals surface area (Å²) in [6.07, 6.45) is -0.562. The van der Waals surface area contributed by atoms with Crippen LogP contribution in [0.5, 0.6) is 0 Å². The first kappa shape index (κ1) is 15.9. The van der Waals surface area contributed by atoms with Crippen molar-refractivity contribution in [2.24, 2.45) is 0 Å². The van der Waals surface area contributed by atoms with Crippen LogP contribution in [0.4, 0.5) is 22.1 Å². The summed E-state index contributed by atoms with van der Waals surface area (Å²) in [5.74, 6) is 0.795. The van der Waals surface area contributed by atoms with Crippen LogP contribution in [0, 0.1) is 0 Å². The number of hydrogen-bond donors (Lipinski definition) is 3. The largest absolute Gasteiger partial charge is 0.450 e. The van der Waals surface area contributed by atoms with E-state index in [-0.39, 0.29) is 12.4 Å². The molecule has 116 valence electrons. The molecule has 0 spiro atoms. The van der Waals surface area contributed by atoms with E-state index >= 15 is 0 Å². The Hall–Kier alpha value is -2.47. The van der Waals surface area contributed by atoms with Gasteiger partial charge >= 0.3 is 6.09 Å². The number of rotatable bonds is 5. The summed E-state index contributed by atoms with van der Waals surface area (Å²) in [6.45, 7) is 2.54. The van der Waals surface area contributed by atoms with Gasteiger partial charge in [0.15, 0.2) is 0 Å². The minimum atomic E-state index is -0.562. The first-order chi connectivity index (χ1) is 10.6. The van der Waals surface area contributed by atoms with Crippen molar-refractivity contribution in [2.75, 3.05) is 23.0 Å². The Bertz CT molecular complexity index is 664. The zero-order valence-corrected chi connectivity index (χ0v) is 12.9. The van der Waals surface area contributed by atoms with Crippen molar-refractivity contribution in [2.45, 2.75) is 13.5 Å². The van der Waals surface area contributed by atoms with Crippen LogP contribution >= 0.6 is 11.6 Å². The molecule has 22 heavy (non-hydrogen) atoms. The number of amides is 1. The van der Waals surface area contributed by atoms with Crippen LogP contribution in [-0.4, -0.2) is 17.7 Å². The van der Waals surface area contributed by atoms with Gasteiger partial charge in [0.05, 0.1) is 12.3 Å². The Labute approximate surface area is 133 Å². The lowest BCUT2D eigenvalue weighted by atomic mass is 10.2. The van der Waals surface area contributed by atoms with Crippen LogP contribution in [0.25, 0.3) is 0 Å². The maximum absolute atomic E-state index is 11.4. The van der Waals surface area contributed by atoms with Gasteiger partial charge in [0.25, 0.3) is 0 Å². The molecule has 0 atom stereocenters. The average molecular weight is 321 g/mol. The summed E-state index contributed by atoms with van der Waals surface area (Å²) in [4.78, 5) is 15.5. The van der Waals surface area contributed by atoms with Crippen LogP contribution in [0.15, 0.2) is 36.4 Å². The molecule has 4 N–H and O–H groups in total. The fourth-order valence-electron chi connectivity index (χ4n) is 1.78. The molecule has 2 aromatic rings. The molecule has 2 rings (SSSR count). The van der Waals surface area contributed by atoms with Crippen LogP contribution in [-0.2, 0) is 11.3 Å². The number of nitrogens with one attached hydrogen (secondary N) is 2. The molecule has 1 aromatic carbocycles. The summed E-state index contributed by atoms with van der Waals surface area (Å²) in [6, 6.07) is 10.9. The highest BCUT2D eigenvalue weighted by Crippen LogP contribution is 2.20. The topological polar surface area (TPSA) is 89.3 Å². The number of aromatic nitrogens is 1. The van der Waals surface area contributed by atoms with Gasteiger partial charge < -0.3 is 15.8 Å². The molecule has 0 unspecified atom stereocenters. The van der Waals surface area contributed by atoms with Gasteiger partial charge in [-0.3, -0.25) is 5.32 Å². The molecule has 0 aliphatic carbocycles. The average Bonchev–Trinajstić information content (AvgIpc) is 2.49. The molecule has 1 aromatic heterocycles. The third-order valence-corrected chi connectivity index (χ3v) is 3.22. The SMILES string of the molecule is CCOC(=O)Nc1ccc(NCc2ccccc2Cl)nc1N. The number of nitrogens with zero attached hydrogens (tertiary/aromatic N) is 1. The second-order valence-electron chi connectivity index (χ2n) is 4.42. The van der Waals surface area contributed by atoms with Crippen LogP contribution < -0.4 is 16.4 Å². The van der Waals surface area contributed by atoms with Crippen molar-refractivity contribution >= 4 is 35.0 Å². The summed E-state index contributed by atoms with van der Waals surface area (Å²) in [5.41, 5.74) is 7.18. The van der Waals surface area contributed by atoms with Crippen molar-refractivity contribution in [3.8, 4) is 0 Å². The predicted octanol–water partition coefficient (Wildman–Crippen LogP) is 3.50. The van der Waals surface area contributed by atoms with Gasteiger partial charge in [-0.05, 0) is 30.7 Å². The summed E-state index contributed by atoms with van der Waals surface area (Å²) in [7, 11) is 0. The molecule has 0 bridgehead atoms. The van der Waals surface area contributed by atoms with Crippen molar-refractivity contribution in [1.29, 1.82) is 0 Å². The highest BCUT2D eigenvalue weighted by Gasteiger charge is 2.07. The minimum Gasteiger partial charge on any atom is -0.450 e. The maximum atomic E-state index is 11.4. The van der Waals surface area contributed by atoms with E-state index in [1.54, 1.807) is 19.1 Å². The number of benzene rings is 1. The van der Waals surface area contributed by atoms with E-state index in [0.717, 1.165) is 5.56 Å². The van der Waals surface area contributed by atoms with E-state index in [4.69, 9.17) is 22.1 Å². The van der Waals surface area contributed by atoms with Crippen molar-refractivity contribution in [3.63, 3.8) is 0 Å². The molecule has 0 aliphatic heterocycles. The number of ether oxygens (including phenoxy) is 1. The lowest BCUT2D eigenvalue weighted by molar-refractivity contribution is 0.168. The molecular formula is C15H17ClN4O2. The van der Waals surface area contributed by atoms with E-state index < -0.39 is 6.09 Å². The van der Waals surface area contributed by atoms with Crippen LogP contribution in [0.1, 0.15) is 12.5 Å². The molecular weight excluding hydrogens is 304 g/mol. The lowest BCUT2D eigenvalue weighted by Crippen LogP contribution is -2.15. The molecule has 6 nitrogen and oxygen atoms in total. The highest BCUT2D eigenvalue weighted by atomic mass is 35.5. The number of nitrogen functional groups attached to an aromatic ring is 1. The molecule has 1 heterocycles. The van der Waals surface area contributed by atoms with Gasteiger partial charge in [-0.15, -0.1) is 0 Å². The zero-order chi connectivity index (χ0) is 15.9. The second kappa shape index (κ2) is 7.51. The number of halogens is 1. The van der Waals surface area contributed by atoms with Crippen LogP contribution in [0.2, 0.25) is 5.02 Å². The first-order valence-electron chi connectivity index (χ1n) is 6.77. The molecule has 1 amide bonds. The third kappa shape index (κ3) is 4.26. The Morgan fingerprint density at radius 1 is 1.32 bits per heavy atom. The monoisotopic (exact) mass is 320 g/mol. The second-order valence-corrected chi connectivity index (χ2v) is 4.83. The van der Waals surface area contributed by atoms with Gasteiger partial charge in [-0.1, -0.05) is 29.8 Å². The van der Waals surface area contributed by atoms with E-state index in [1.165, 1.54) is 0 Å². The lowest BCUT2D eigenvalue weighted by Gasteiger charge is -2.11. The summed E-state index contributed by atoms with van der Waals surface area (Å²) >= 11 is 6.09. The third-order valence-electron chi connectivity index (χ3n) is 2.85. The Balaban J connectivity index is 2.00. The summed E-state index contributed by atoms with van der Waals surface area (Å²) in [5, 5.41) is 6.34. The number of carbonyl (C=O) groups is 1. The van der Waals surface area contributed by atoms with E-state index in [2.05, 4.69) is 15.6 Å². The van der Waals surface area contributed by atoms with E-state index in [9.17, 15) is 4.79 Å². The Morgan fingerprint density at radius 3 is 2.77 bits per heavy atom. The molecule has 0 saturated heterocycles. The number of carbonyl (C=O) groups excluding carboxylic acids is 1. The number of hydrogen-bond acceptors (Lipinski definition) is 5. The Morgan fingerprint density at radius 2 is 2.09 bits per heavy atom. The van der Waals surface area contributed by atoms with Crippen molar-refractivity contribution in [1.82, 2.24) is 4.98 Å². The standard InChI is InChI=1S/C15H17ClN4O2/c1-2-22-15(21)19-12-7-8-13(20-14(12)17)18-9-10-5-3-4-6-11(10)16/h3-8H,2,9H2,1H3,(H,19,21)(H3,17,18,20). The van der Waals surface area contributed by atoms with Crippen LogP contribution in [0.3, 0.4) is 0 Å². The van der Waals surface area contributed by atoms with Crippen molar-refractivity contribution in [3.05, 3.63) is 47.0 Å². The van der Waals surface area contributed by atoms with E-state index in [1.807, 2.05) is 24.3 Å². The first-order valence-corrected chi connectivity index (χ1v) is 7.15. The van der Waals surface area contributed by atoms with Gasteiger partial charge in [0.1, 0.15) is 11.6 Å². The smallest absolute Gasteiger partial charge is 0.411 e. The number of anilines is 3. The number of nitrogens with two attached hydrogens (primary N) is 1. The maximum Gasteiger partial charge on any atom is 0.411 e. The molecule has 0 aliphatic rings. The molecule has 0 fully saturated rings. The fourth-order valence-corrected chi connectivity index (χ4v) is 1.99. The zero-order valence-electron chi connectivity index (χ0n) is 12.1. The van der Waals surface area contributed by atoms with Gasteiger partial charge in [-0.2, -0.15) is 0 Å². The molecule has 0 radical (unpaired) electrons. The van der Waals surface area contributed by atoms with Crippen molar-refractivity contribution < 1.29 is 9.53 Å². The molecule has 7 heteroatoms. The van der Waals surface area contributed by atoms with E-state index in [0.29, 0.717) is 23.1 Å². The normalized spacial score (nSPS) is 10.1. The molecule has 0 saturated carbocycles. The summed E-state index contributed by atoms with van der Waals surface area (Å²) < 4.78 is 4.79. The highest BCUT2D eigenvalue weighted by molar-refractivity contribution is 6.31. The Kier molecular flexibility index (Phi) is 5.43. The van der Waals surface area contributed by atoms with Gasteiger partial charge in [-0.25, -0.2) is 9.78 Å². The fraction of sp³-hybridized carbons (Fsp3) is 0.200. The quantitative estimate of drug-likeness (QED) is 0.784. The number of pyridine rings is 1. The minimum absolute atomic E-state index is 0.206. The predicted molar refractivity (Wildman–Crippen MR) is 88.1 cm³/mol.